The van der Waals surface area contributed by atoms with Gasteiger partial charge in [-0.1, -0.05) is 26.7 Å². The molecule has 0 aliphatic carbocycles. The first-order valence-electron chi connectivity index (χ1n) is 7.79. The number of rotatable bonds is 9. The molecule has 1 heterocycles. The van der Waals surface area contributed by atoms with Crippen molar-refractivity contribution in [1.29, 1.82) is 0 Å². The second-order valence-corrected chi connectivity index (χ2v) is 5.30. The molecule has 0 saturated heterocycles. The van der Waals surface area contributed by atoms with Crippen molar-refractivity contribution in [3.63, 3.8) is 0 Å². The molecule has 5 heteroatoms. The Morgan fingerprint density at radius 3 is 2.52 bits per heavy atom. The van der Waals surface area contributed by atoms with Crippen molar-refractivity contribution < 1.29 is 31.1 Å². The second kappa shape index (κ2) is 10.8. The van der Waals surface area contributed by atoms with Crippen LogP contribution in [0.15, 0.2) is 6.20 Å². The summed E-state index contributed by atoms with van der Waals surface area (Å²) in [5.41, 5.74) is 1.25. The third-order valence-electron chi connectivity index (χ3n) is 3.76. The van der Waals surface area contributed by atoms with Gasteiger partial charge in [0.15, 0.2) is 0 Å². The predicted molar refractivity (Wildman–Crippen MR) is 79.5 cm³/mol. The number of ether oxygens (including phenoxy) is 1. The molecular formula is C16H29BrN2O2. The summed E-state index contributed by atoms with van der Waals surface area (Å²) >= 11 is 0. The molecule has 0 spiro atoms. The topological polar surface area (TPSA) is 35.1 Å². The molecule has 0 bridgehead atoms. The Bertz CT molecular complexity index is 430. The molecule has 0 atom stereocenters. The number of hydrogen-bond acceptors (Lipinski definition) is 2. The fourth-order valence-electron chi connectivity index (χ4n) is 2.41. The maximum Gasteiger partial charge on any atom is 0.305 e. The van der Waals surface area contributed by atoms with Gasteiger partial charge in [0, 0.05) is 13.3 Å². The van der Waals surface area contributed by atoms with Crippen LogP contribution in [0.3, 0.4) is 0 Å². The first-order chi connectivity index (χ1) is 9.63. The van der Waals surface area contributed by atoms with Crippen molar-refractivity contribution in [2.24, 2.45) is 0 Å². The Hall–Kier alpha value is -0.840. The van der Waals surface area contributed by atoms with Crippen LogP contribution in [0.25, 0.3) is 0 Å². The molecule has 122 valence electrons. The van der Waals surface area contributed by atoms with Gasteiger partial charge >= 0.3 is 5.97 Å². The molecule has 0 amide bonds. The Labute approximate surface area is 139 Å². The van der Waals surface area contributed by atoms with Gasteiger partial charge in [-0.25, -0.2) is 9.13 Å². The highest BCUT2D eigenvalue weighted by molar-refractivity contribution is 5.69. The number of methoxy groups -OCH3 is 1. The number of imidazole rings is 1. The van der Waals surface area contributed by atoms with Crippen LogP contribution in [0, 0.1) is 6.92 Å². The smallest absolute Gasteiger partial charge is 0.305 e. The van der Waals surface area contributed by atoms with E-state index in [0.717, 1.165) is 19.5 Å². The minimum absolute atomic E-state index is 0. The lowest BCUT2D eigenvalue weighted by atomic mass is 10.2. The molecule has 1 aromatic rings. The zero-order chi connectivity index (χ0) is 15.0. The summed E-state index contributed by atoms with van der Waals surface area (Å²) < 4.78 is 9.43. The first kappa shape index (κ1) is 20.2. The molecule has 1 aromatic heterocycles. The highest BCUT2D eigenvalue weighted by atomic mass is 79.9. The average Bonchev–Trinajstić information content (AvgIpc) is 2.76. The number of aromatic nitrogens is 2. The normalized spacial score (nSPS) is 10.3. The van der Waals surface area contributed by atoms with E-state index < -0.39 is 0 Å². The molecule has 4 nitrogen and oxygen atoms in total. The zero-order valence-electron chi connectivity index (χ0n) is 13.8. The van der Waals surface area contributed by atoms with E-state index in [4.69, 9.17) is 4.74 Å². The van der Waals surface area contributed by atoms with Crippen LogP contribution >= 0.6 is 0 Å². The summed E-state index contributed by atoms with van der Waals surface area (Å²) in [4.78, 5) is 11.3. The lowest BCUT2D eigenvalue weighted by Gasteiger charge is -2.03. The molecule has 1 rings (SSSR count). The summed E-state index contributed by atoms with van der Waals surface area (Å²) in [7, 11) is 1.45. The van der Waals surface area contributed by atoms with Crippen LogP contribution in [-0.4, -0.2) is 17.6 Å². The largest absolute Gasteiger partial charge is 1.00 e. The predicted octanol–water partition coefficient (Wildman–Crippen LogP) is -0.206. The molecule has 0 fully saturated rings. The molecule has 21 heavy (non-hydrogen) atoms. The number of nitrogens with zero attached hydrogens (tertiary/aromatic N) is 2. The number of esters is 1. The Morgan fingerprint density at radius 2 is 1.95 bits per heavy atom. The molecule has 0 aliphatic heterocycles. The Balaban J connectivity index is 0.00000400. The van der Waals surface area contributed by atoms with Gasteiger partial charge in [-0.2, -0.15) is 0 Å². The lowest BCUT2D eigenvalue weighted by molar-refractivity contribution is -0.703. The third-order valence-corrected chi connectivity index (χ3v) is 3.76. The van der Waals surface area contributed by atoms with E-state index in [-0.39, 0.29) is 23.0 Å². The van der Waals surface area contributed by atoms with Gasteiger partial charge in [0.05, 0.1) is 26.6 Å². The van der Waals surface area contributed by atoms with Gasteiger partial charge < -0.3 is 21.7 Å². The van der Waals surface area contributed by atoms with Crippen LogP contribution < -0.4 is 21.5 Å². The first-order valence-corrected chi connectivity index (χ1v) is 7.79. The van der Waals surface area contributed by atoms with Crippen molar-refractivity contribution in [1.82, 2.24) is 4.57 Å². The third kappa shape index (κ3) is 6.20. The fraction of sp³-hybridized carbons (Fsp3) is 0.750. The van der Waals surface area contributed by atoms with Crippen molar-refractivity contribution >= 4 is 5.97 Å². The molecule has 0 saturated carbocycles. The quantitative estimate of drug-likeness (QED) is 0.451. The van der Waals surface area contributed by atoms with E-state index >= 15 is 0 Å². The summed E-state index contributed by atoms with van der Waals surface area (Å²) in [5, 5.41) is 0. The number of carbonyl (C=O) groups is 1. The van der Waals surface area contributed by atoms with Crippen LogP contribution in [0.2, 0.25) is 0 Å². The molecule has 0 unspecified atom stereocenters. The minimum atomic E-state index is -0.133. The molecule has 0 N–H and O–H groups in total. The van der Waals surface area contributed by atoms with E-state index in [2.05, 4.69) is 36.1 Å². The lowest BCUT2D eigenvalue weighted by Crippen LogP contribution is -3.00. The van der Waals surface area contributed by atoms with E-state index in [1.54, 1.807) is 0 Å². The van der Waals surface area contributed by atoms with Gasteiger partial charge in [0.1, 0.15) is 11.9 Å². The van der Waals surface area contributed by atoms with Gasteiger partial charge in [-0.3, -0.25) is 4.79 Å². The summed E-state index contributed by atoms with van der Waals surface area (Å²) in [6.45, 7) is 8.69. The maximum absolute atomic E-state index is 11.3. The summed E-state index contributed by atoms with van der Waals surface area (Å²) in [5.74, 6) is 1.16. The van der Waals surface area contributed by atoms with E-state index in [1.165, 1.54) is 44.3 Å². The summed E-state index contributed by atoms with van der Waals surface area (Å²) in [6.07, 6.45) is 8.18. The number of halogens is 1. The summed E-state index contributed by atoms with van der Waals surface area (Å²) in [6, 6.07) is 0. The minimum Gasteiger partial charge on any atom is -1.00 e. The molecule has 0 radical (unpaired) electrons. The van der Waals surface area contributed by atoms with Gasteiger partial charge in [0.25, 0.3) is 5.82 Å². The number of hydrogen-bond donors (Lipinski definition) is 0. The van der Waals surface area contributed by atoms with E-state index in [1.807, 2.05) is 0 Å². The Kier molecular flexibility index (Phi) is 10.4. The van der Waals surface area contributed by atoms with Crippen LogP contribution in [-0.2, 0) is 29.0 Å². The zero-order valence-corrected chi connectivity index (χ0v) is 15.4. The second-order valence-electron chi connectivity index (χ2n) is 5.30. The van der Waals surface area contributed by atoms with Crippen molar-refractivity contribution in [3.05, 3.63) is 17.7 Å². The SMILES string of the molecule is CCCCn1c(CCC(=O)OC)c[n+](CCCC)c1C.[Br-]. The van der Waals surface area contributed by atoms with Gasteiger partial charge in [-0.15, -0.1) is 0 Å². The fourth-order valence-corrected chi connectivity index (χ4v) is 2.41. The number of carbonyl (C=O) groups excluding carboxylic acids is 1. The average molecular weight is 361 g/mol. The molecule has 0 aliphatic rings. The molecule has 0 aromatic carbocycles. The Morgan fingerprint density at radius 1 is 1.29 bits per heavy atom. The highest BCUT2D eigenvalue weighted by Crippen LogP contribution is 2.09. The van der Waals surface area contributed by atoms with Crippen LogP contribution in [0.5, 0.6) is 0 Å². The van der Waals surface area contributed by atoms with Crippen molar-refractivity contribution in [2.75, 3.05) is 7.11 Å². The maximum atomic E-state index is 11.3. The van der Waals surface area contributed by atoms with E-state index in [9.17, 15) is 4.79 Å². The van der Waals surface area contributed by atoms with Gasteiger partial charge in [-0.05, 0) is 12.8 Å². The highest BCUT2D eigenvalue weighted by Gasteiger charge is 2.19. The number of unbranched alkanes of at least 4 members (excludes halogenated alkanes) is 2. The standard InChI is InChI=1S/C16H29N2O2.BrH/c1-5-7-11-17-13-15(9-10-16(19)20-4)18(14(17)3)12-8-6-2;/h13H,5-12H2,1-4H3;1H/q+1;/p-1. The monoisotopic (exact) mass is 360 g/mol. The van der Waals surface area contributed by atoms with Crippen molar-refractivity contribution in [2.45, 2.75) is 72.4 Å². The number of aryl methyl sites for hydroxylation is 2. The van der Waals surface area contributed by atoms with Crippen LogP contribution in [0.4, 0.5) is 0 Å². The molecular weight excluding hydrogens is 332 g/mol. The van der Waals surface area contributed by atoms with E-state index in [0.29, 0.717) is 6.42 Å². The van der Waals surface area contributed by atoms with Gasteiger partial charge in [0.2, 0.25) is 0 Å². The van der Waals surface area contributed by atoms with Crippen molar-refractivity contribution in [3.8, 4) is 0 Å². The van der Waals surface area contributed by atoms with Crippen LogP contribution in [0.1, 0.15) is 57.5 Å².